The third-order valence-corrected chi connectivity index (χ3v) is 3.70. The van der Waals surface area contributed by atoms with Crippen molar-refractivity contribution in [1.82, 2.24) is 4.90 Å². The molecule has 19 heavy (non-hydrogen) atoms. The normalized spacial score (nSPS) is 18.4. The number of amides is 1. The van der Waals surface area contributed by atoms with Crippen molar-refractivity contribution in [2.45, 2.75) is 25.9 Å². The van der Waals surface area contributed by atoms with E-state index in [1.807, 2.05) is 0 Å². The predicted molar refractivity (Wildman–Crippen MR) is 68.4 cm³/mol. The van der Waals surface area contributed by atoms with E-state index >= 15 is 0 Å². The van der Waals surface area contributed by atoms with Gasteiger partial charge < -0.3 is 15.1 Å². The van der Waals surface area contributed by atoms with Gasteiger partial charge in [-0.25, -0.2) is 4.39 Å². The van der Waals surface area contributed by atoms with E-state index in [9.17, 15) is 19.4 Å². The number of hydrogen-bond donors (Lipinski definition) is 2. The van der Waals surface area contributed by atoms with Gasteiger partial charge >= 0.3 is 0 Å². The fourth-order valence-corrected chi connectivity index (χ4v) is 2.43. The number of phenolic OH excluding ortho intramolecular Hbond substituents is 1. The largest absolute Gasteiger partial charge is 0.507 e. The molecule has 104 valence electrons. The molecule has 2 N–H and O–H groups in total. The van der Waals surface area contributed by atoms with Gasteiger partial charge in [-0.3, -0.25) is 4.79 Å². The van der Waals surface area contributed by atoms with Gasteiger partial charge in [0, 0.05) is 13.1 Å². The van der Waals surface area contributed by atoms with Crippen LogP contribution in [-0.4, -0.2) is 40.2 Å². The Bertz CT molecular complexity index is 468. The average Bonchev–Trinajstić information content (AvgIpc) is 2.41. The highest BCUT2D eigenvalue weighted by Gasteiger charge is 2.27. The highest BCUT2D eigenvalue weighted by molar-refractivity contribution is 5.96. The molecule has 1 aliphatic heterocycles. The quantitative estimate of drug-likeness (QED) is 0.858. The van der Waals surface area contributed by atoms with Crippen LogP contribution < -0.4 is 0 Å². The zero-order chi connectivity index (χ0) is 14.0. The van der Waals surface area contributed by atoms with Gasteiger partial charge in [-0.2, -0.15) is 0 Å². The Morgan fingerprint density at radius 3 is 2.63 bits per heavy atom. The standard InChI is InChI=1S/C14H18FNO3/c1-9(17)10-4-6-16(7-5-10)14(19)12-8-11(15)2-3-13(12)18/h2-3,8-10,17-18H,4-7H2,1H3. The van der Waals surface area contributed by atoms with Gasteiger partial charge in [0.2, 0.25) is 0 Å². The number of benzene rings is 1. The summed E-state index contributed by atoms with van der Waals surface area (Å²) in [4.78, 5) is 13.8. The molecule has 1 unspecified atom stereocenters. The zero-order valence-corrected chi connectivity index (χ0v) is 10.8. The summed E-state index contributed by atoms with van der Waals surface area (Å²) in [5.74, 6) is -0.907. The summed E-state index contributed by atoms with van der Waals surface area (Å²) in [6.07, 6.45) is 1.07. The van der Waals surface area contributed by atoms with E-state index in [0.29, 0.717) is 13.1 Å². The van der Waals surface area contributed by atoms with E-state index in [1.165, 1.54) is 6.07 Å². The molecule has 1 fully saturated rings. The Labute approximate surface area is 111 Å². The Morgan fingerprint density at radius 1 is 1.42 bits per heavy atom. The lowest BCUT2D eigenvalue weighted by molar-refractivity contribution is 0.0519. The fourth-order valence-electron chi connectivity index (χ4n) is 2.43. The van der Waals surface area contributed by atoms with Crippen molar-refractivity contribution >= 4 is 5.91 Å². The molecule has 0 spiro atoms. The van der Waals surface area contributed by atoms with Crippen LogP contribution in [0.3, 0.4) is 0 Å². The average molecular weight is 267 g/mol. The number of aromatic hydroxyl groups is 1. The highest BCUT2D eigenvalue weighted by atomic mass is 19.1. The minimum atomic E-state index is -0.542. The van der Waals surface area contributed by atoms with Crippen LogP contribution in [0.15, 0.2) is 18.2 Å². The molecule has 1 heterocycles. The molecule has 1 atom stereocenters. The van der Waals surface area contributed by atoms with Gasteiger partial charge in [-0.15, -0.1) is 0 Å². The van der Waals surface area contributed by atoms with Gasteiger partial charge in [-0.05, 0) is 43.9 Å². The zero-order valence-electron chi connectivity index (χ0n) is 10.8. The summed E-state index contributed by atoms with van der Waals surface area (Å²) in [5.41, 5.74) is -0.00417. The number of likely N-dealkylation sites (tertiary alicyclic amines) is 1. The van der Waals surface area contributed by atoms with Crippen LogP contribution in [0.2, 0.25) is 0 Å². The number of piperidine rings is 1. The summed E-state index contributed by atoms with van der Waals surface area (Å²) in [5, 5.41) is 19.1. The number of carbonyl (C=O) groups is 1. The molecule has 2 rings (SSSR count). The van der Waals surface area contributed by atoms with Crippen molar-refractivity contribution in [3.63, 3.8) is 0 Å². The van der Waals surface area contributed by atoms with Crippen LogP contribution in [-0.2, 0) is 0 Å². The number of carbonyl (C=O) groups excluding carboxylic acids is 1. The number of nitrogens with zero attached hydrogens (tertiary/aromatic N) is 1. The first-order chi connectivity index (χ1) is 8.99. The van der Waals surface area contributed by atoms with Crippen molar-refractivity contribution in [1.29, 1.82) is 0 Å². The Balaban J connectivity index is 2.07. The molecule has 0 saturated carbocycles. The van der Waals surface area contributed by atoms with E-state index < -0.39 is 5.82 Å². The number of halogens is 1. The molecule has 0 aliphatic carbocycles. The molecule has 1 saturated heterocycles. The van der Waals surface area contributed by atoms with Gasteiger partial charge in [0.05, 0.1) is 11.7 Å². The van der Waals surface area contributed by atoms with E-state index in [2.05, 4.69) is 0 Å². The van der Waals surface area contributed by atoms with E-state index in [-0.39, 0.29) is 29.2 Å². The second-order valence-corrected chi connectivity index (χ2v) is 5.03. The molecule has 0 aromatic heterocycles. The summed E-state index contributed by atoms with van der Waals surface area (Å²) in [7, 11) is 0. The minimum absolute atomic E-state index is 0.00417. The maximum Gasteiger partial charge on any atom is 0.257 e. The van der Waals surface area contributed by atoms with Gasteiger partial charge in [0.15, 0.2) is 0 Å². The van der Waals surface area contributed by atoms with Gasteiger partial charge in [-0.1, -0.05) is 0 Å². The number of rotatable bonds is 2. The van der Waals surface area contributed by atoms with Crippen LogP contribution in [0.1, 0.15) is 30.1 Å². The Morgan fingerprint density at radius 2 is 2.05 bits per heavy atom. The molecule has 0 radical (unpaired) electrons. The lowest BCUT2D eigenvalue weighted by atomic mass is 9.92. The van der Waals surface area contributed by atoms with Crippen molar-refractivity contribution in [2.75, 3.05) is 13.1 Å². The SMILES string of the molecule is CC(O)C1CCN(C(=O)c2cc(F)ccc2O)CC1. The molecular formula is C14H18FNO3. The topological polar surface area (TPSA) is 60.8 Å². The fraction of sp³-hybridized carbons (Fsp3) is 0.500. The second-order valence-electron chi connectivity index (χ2n) is 5.03. The summed E-state index contributed by atoms with van der Waals surface area (Å²) < 4.78 is 13.1. The molecule has 1 amide bonds. The first-order valence-corrected chi connectivity index (χ1v) is 6.45. The van der Waals surface area contributed by atoms with Gasteiger partial charge in [0.1, 0.15) is 11.6 Å². The maximum absolute atomic E-state index is 13.1. The second kappa shape index (κ2) is 5.57. The Hall–Kier alpha value is -1.62. The molecule has 1 aromatic carbocycles. The van der Waals surface area contributed by atoms with Crippen molar-refractivity contribution in [2.24, 2.45) is 5.92 Å². The summed E-state index contributed by atoms with van der Waals surface area (Å²) in [6, 6.07) is 3.36. The van der Waals surface area contributed by atoms with Crippen LogP contribution in [0, 0.1) is 11.7 Å². The Kier molecular flexibility index (Phi) is 4.04. The van der Waals surface area contributed by atoms with Crippen molar-refractivity contribution in [3.05, 3.63) is 29.6 Å². The van der Waals surface area contributed by atoms with E-state index in [1.54, 1.807) is 11.8 Å². The van der Waals surface area contributed by atoms with Crippen LogP contribution in [0.4, 0.5) is 4.39 Å². The van der Waals surface area contributed by atoms with Crippen LogP contribution in [0.25, 0.3) is 0 Å². The van der Waals surface area contributed by atoms with Crippen molar-refractivity contribution < 1.29 is 19.4 Å². The van der Waals surface area contributed by atoms with E-state index in [0.717, 1.165) is 25.0 Å². The lowest BCUT2D eigenvalue weighted by Gasteiger charge is -2.33. The number of aliphatic hydroxyl groups is 1. The molecule has 0 bridgehead atoms. The van der Waals surface area contributed by atoms with E-state index in [4.69, 9.17) is 0 Å². The summed E-state index contributed by atoms with van der Waals surface area (Å²) >= 11 is 0. The van der Waals surface area contributed by atoms with Crippen LogP contribution in [0.5, 0.6) is 5.75 Å². The van der Waals surface area contributed by atoms with Crippen LogP contribution >= 0.6 is 0 Å². The maximum atomic E-state index is 13.1. The lowest BCUT2D eigenvalue weighted by Crippen LogP contribution is -2.40. The number of phenols is 1. The molecule has 4 nitrogen and oxygen atoms in total. The number of hydrogen-bond acceptors (Lipinski definition) is 3. The minimum Gasteiger partial charge on any atom is -0.507 e. The van der Waals surface area contributed by atoms with Gasteiger partial charge in [0.25, 0.3) is 5.91 Å². The third kappa shape index (κ3) is 3.04. The molecule has 5 heteroatoms. The first-order valence-electron chi connectivity index (χ1n) is 6.45. The first kappa shape index (κ1) is 13.8. The highest BCUT2D eigenvalue weighted by Crippen LogP contribution is 2.25. The molecular weight excluding hydrogens is 249 g/mol. The number of aliphatic hydroxyl groups excluding tert-OH is 1. The summed E-state index contributed by atoms with van der Waals surface area (Å²) in [6.45, 7) is 2.79. The predicted octanol–water partition coefficient (Wildman–Crippen LogP) is 1.76. The molecule has 1 aliphatic rings. The van der Waals surface area contributed by atoms with Crippen molar-refractivity contribution in [3.8, 4) is 5.75 Å². The molecule has 1 aromatic rings. The third-order valence-electron chi connectivity index (χ3n) is 3.70. The smallest absolute Gasteiger partial charge is 0.257 e. The monoisotopic (exact) mass is 267 g/mol.